The number of hydrogen-bond donors (Lipinski definition) is 1. The molecule has 2 saturated carbocycles. The van der Waals surface area contributed by atoms with Crippen molar-refractivity contribution in [2.24, 2.45) is 23.2 Å². The normalized spacial score (nSPS) is 45.3. The van der Waals surface area contributed by atoms with E-state index in [9.17, 15) is 9.90 Å². The van der Waals surface area contributed by atoms with Crippen LogP contribution in [0.15, 0.2) is 23.3 Å². The molecule has 0 aromatic carbocycles. The van der Waals surface area contributed by atoms with Crippen LogP contribution < -0.4 is 0 Å². The van der Waals surface area contributed by atoms with Crippen LogP contribution >= 0.6 is 0 Å². The highest BCUT2D eigenvalue weighted by Crippen LogP contribution is 2.63. The van der Waals surface area contributed by atoms with Gasteiger partial charge in [0, 0.05) is 18.3 Å². The van der Waals surface area contributed by atoms with E-state index < -0.39 is 5.60 Å². The second-order valence-corrected chi connectivity index (χ2v) is 7.98. The highest BCUT2D eigenvalue weighted by molar-refractivity contribution is 5.91. The highest BCUT2D eigenvalue weighted by Gasteiger charge is 2.59. The van der Waals surface area contributed by atoms with E-state index in [2.05, 4.69) is 18.9 Å². The Labute approximate surface area is 139 Å². The molecule has 0 spiro atoms. The minimum absolute atomic E-state index is 0.200. The van der Waals surface area contributed by atoms with Crippen molar-refractivity contribution in [2.45, 2.75) is 63.9 Å². The topological polar surface area (TPSA) is 37.3 Å². The Balaban J connectivity index is 1.70. The predicted octanol–water partition coefficient (Wildman–Crippen LogP) is 3.80. The summed E-state index contributed by atoms with van der Waals surface area (Å²) < 4.78 is 0. The van der Waals surface area contributed by atoms with Crippen LogP contribution in [0.1, 0.15) is 58.3 Å². The maximum atomic E-state index is 11.7. The van der Waals surface area contributed by atoms with Gasteiger partial charge in [-0.05, 0) is 62.4 Å². The van der Waals surface area contributed by atoms with E-state index in [0.29, 0.717) is 36.4 Å². The molecule has 4 aliphatic carbocycles. The zero-order chi connectivity index (χ0) is 16.2. The predicted molar refractivity (Wildman–Crippen MR) is 90.5 cm³/mol. The number of carbonyl (C=O) groups excluding carboxylic acids is 1. The average molecular weight is 310 g/mol. The second-order valence-electron chi connectivity index (χ2n) is 7.98. The number of allylic oxidation sites excluding steroid dienone is 2. The number of rotatable bonds is 1. The van der Waals surface area contributed by atoms with Gasteiger partial charge in [-0.2, -0.15) is 0 Å². The molecule has 0 saturated heterocycles. The third-order valence-corrected chi connectivity index (χ3v) is 7.41. The summed E-state index contributed by atoms with van der Waals surface area (Å²) in [4.78, 5) is 11.7. The number of ketones is 1. The molecule has 0 aromatic rings. The Morgan fingerprint density at radius 2 is 2.09 bits per heavy atom. The summed E-state index contributed by atoms with van der Waals surface area (Å²) >= 11 is 0. The number of terminal acetylenes is 1. The lowest BCUT2D eigenvalue weighted by Crippen LogP contribution is -2.51. The largest absolute Gasteiger partial charge is 0.376 e. The first-order valence-corrected chi connectivity index (χ1v) is 9.18. The molecule has 122 valence electrons. The van der Waals surface area contributed by atoms with Gasteiger partial charge in [0.25, 0.3) is 0 Å². The monoisotopic (exact) mass is 310 g/mol. The molecule has 0 bridgehead atoms. The Hall–Kier alpha value is -1.33. The van der Waals surface area contributed by atoms with Crippen LogP contribution in [0.2, 0.25) is 0 Å². The van der Waals surface area contributed by atoms with Gasteiger partial charge in [-0.15, -0.1) is 6.42 Å². The van der Waals surface area contributed by atoms with E-state index in [4.69, 9.17) is 6.42 Å². The Morgan fingerprint density at radius 1 is 1.30 bits per heavy atom. The number of aliphatic hydroxyl groups is 1. The molecule has 2 heteroatoms. The lowest BCUT2D eigenvalue weighted by molar-refractivity contribution is -0.115. The van der Waals surface area contributed by atoms with Gasteiger partial charge in [-0.25, -0.2) is 0 Å². The smallest absolute Gasteiger partial charge is 0.155 e. The van der Waals surface area contributed by atoms with Gasteiger partial charge >= 0.3 is 0 Å². The molecule has 0 aliphatic heterocycles. The molecule has 0 radical (unpaired) electrons. The molecule has 0 amide bonds. The van der Waals surface area contributed by atoms with E-state index in [1.807, 2.05) is 6.08 Å². The maximum Gasteiger partial charge on any atom is 0.155 e. The molecule has 0 heterocycles. The van der Waals surface area contributed by atoms with E-state index in [-0.39, 0.29) is 5.41 Å². The SMILES string of the molecule is C#C[C@]1(O)CC=C2[C@@H]3CCC4=CC(=O)CC[C@@H]4[C@H]3CC[C@@]21CC. The lowest BCUT2D eigenvalue weighted by atomic mass is 9.51. The molecule has 1 N–H and O–H groups in total. The van der Waals surface area contributed by atoms with Crippen molar-refractivity contribution in [3.63, 3.8) is 0 Å². The summed E-state index contributed by atoms with van der Waals surface area (Å²) in [5, 5.41) is 11.1. The molecule has 4 aliphatic rings. The van der Waals surface area contributed by atoms with Crippen LogP contribution in [0.5, 0.6) is 0 Å². The fourth-order valence-corrected chi connectivity index (χ4v) is 6.25. The van der Waals surface area contributed by atoms with Crippen molar-refractivity contribution in [3.8, 4) is 12.3 Å². The van der Waals surface area contributed by atoms with Gasteiger partial charge in [0.2, 0.25) is 0 Å². The van der Waals surface area contributed by atoms with Gasteiger partial charge in [0.05, 0.1) is 0 Å². The fourth-order valence-electron chi connectivity index (χ4n) is 6.25. The van der Waals surface area contributed by atoms with Gasteiger partial charge in [0.15, 0.2) is 5.78 Å². The summed E-state index contributed by atoms with van der Waals surface area (Å²) in [5.74, 6) is 4.84. The Morgan fingerprint density at radius 3 is 2.83 bits per heavy atom. The van der Waals surface area contributed by atoms with Crippen LogP contribution in [0.3, 0.4) is 0 Å². The minimum atomic E-state index is -0.985. The first-order chi connectivity index (χ1) is 11.0. The molecule has 23 heavy (non-hydrogen) atoms. The quantitative estimate of drug-likeness (QED) is 0.591. The zero-order valence-corrected chi connectivity index (χ0v) is 14.0. The first-order valence-electron chi connectivity index (χ1n) is 9.18. The lowest BCUT2D eigenvalue weighted by Gasteiger charge is -2.54. The average Bonchev–Trinajstić information content (AvgIpc) is 2.88. The van der Waals surface area contributed by atoms with Crippen molar-refractivity contribution in [1.82, 2.24) is 0 Å². The Bertz CT molecular complexity index is 649. The number of carbonyl (C=O) groups is 1. The van der Waals surface area contributed by atoms with Crippen LogP contribution in [-0.2, 0) is 4.79 Å². The van der Waals surface area contributed by atoms with Gasteiger partial charge < -0.3 is 5.11 Å². The van der Waals surface area contributed by atoms with Gasteiger partial charge in [-0.1, -0.05) is 30.1 Å². The number of hydrogen-bond acceptors (Lipinski definition) is 2. The molecular weight excluding hydrogens is 284 g/mol. The van der Waals surface area contributed by atoms with Crippen molar-refractivity contribution in [2.75, 3.05) is 0 Å². The molecule has 4 rings (SSSR count). The van der Waals surface area contributed by atoms with Gasteiger partial charge in [-0.3, -0.25) is 4.79 Å². The van der Waals surface area contributed by atoms with Crippen LogP contribution in [0.4, 0.5) is 0 Å². The zero-order valence-electron chi connectivity index (χ0n) is 14.0. The second kappa shape index (κ2) is 5.08. The number of fused-ring (bicyclic) bond motifs is 5. The highest BCUT2D eigenvalue weighted by atomic mass is 16.3. The maximum absolute atomic E-state index is 11.7. The van der Waals surface area contributed by atoms with Crippen molar-refractivity contribution in [3.05, 3.63) is 23.3 Å². The van der Waals surface area contributed by atoms with E-state index in [1.54, 1.807) is 0 Å². The summed E-state index contributed by atoms with van der Waals surface area (Å²) in [6.45, 7) is 2.18. The Kier molecular flexibility index (Phi) is 3.36. The van der Waals surface area contributed by atoms with Crippen molar-refractivity contribution < 1.29 is 9.90 Å². The molecule has 5 atom stereocenters. The molecular formula is C21H26O2. The standard InChI is InChI=1S/C21H26O2/c1-3-20-11-9-17-16-8-6-15(22)13-14(16)5-7-18(17)19(20)10-12-21(20,23)4-2/h2,10,13,16-18,23H,3,5-9,11-12H2,1H3/t16-,17+,18+,20-,21-/m0/s1. The molecule has 0 unspecified atom stereocenters. The summed E-state index contributed by atoms with van der Waals surface area (Å²) in [6, 6.07) is 0. The van der Waals surface area contributed by atoms with Gasteiger partial charge in [0.1, 0.15) is 5.60 Å². The van der Waals surface area contributed by atoms with Crippen LogP contribution in [-0.4, -0.2) is 16.5 Å². The minimum Gasteiger partial charge on any atom is -0.376 e. The third-order valence-electron chi connectivity index (χ3n) is 7.41. The van der Waals surface area contributed by atoms with E-state index in [0.717, 1.165) is 38.5 Å². The van der Waals surface area contributed by atoms with Crippen molar-refractivity contribution in [1.29, 1.82) is 0 Å². The summed E-state index contributed by atoms with van der Waals surface area (Å²) in [5.41, 5.74) is 1.67. The first kappa shape index (κ1) is 15.2. The van der Waals surface area contributed by atoms with Crippen LogP contribution in [0.25, 0.3) is 0 Å². The summed E-state index contributed by atoms with van der Waals surface area (Å²) in [6.07, 6.45) is 17.5. The third kappa shape index (κ3) is 1.89. The van der Waals surface area contributed by atoms with Crippen LogP contribution in [0, 0.1) is 35.5 Å². The van der Waals surface area contributed by atoms with E-state index >= 15 is 0 Å². The van der Waals surface area contributed by atoms with Crippen molar-refractivity contribution >= 4 is 5.78 Å². The molecule has 0 aromatic heterocycles. The molecule has 2 nitrogen and oxygen atoms in total. The van der Waals surface area contributed by atoms with E-state index in [1.165, 1.54) is 11.1 Å². The fraction of sp³-hybridized carbons (Fsp3) is 0.667. The molecule has 2 fully saturated rings. The summed E-state index contributed by atoms with van der Waals surface area (Å²) in [7, 11) is 0.